The van der Waals surface area contributed by atoms with Crippen LogP contribution in [0.15, 0.2) is 48.5 Å². The number of benzene rings is 2. The molecule has 0 aliphatic carbocycles. The molecule has 1 heterocycles. The zero-order chi connectivity index (χ0) is 17.3. The molecule has 2 unspecified atom stereocenters. The maximum atomic E-state index is 13.5. The minimum absolute atomic E-state index is 0.129. The summed E-state index contributed by atoms with van der Waals surface area (Å²) in [5.74, 6) is -2.64. The minimum atomic E-state index is -0.921. The number of carbonyl (C=O) groups is 2. The molecule has 2 atom stereocenters. The Hall–Kier alpha value is -2.69. The smallest absolute Gasteiger partial charge is 0.308 e. The molecular formula is C19H18FNO3. The van der Waals surface area contributed by atoms with Crippen LogP contribution in [0.25, 0.3) is 0 Å². The Bertz CT molecular complexity index is 775. The lowest BCUT2D eigenvalue weighted by atomic mass is 9.89. The van der Waals surface area contributed by atoms with Crippen LogP contribution < -0.4 is 0 Å². The highest BCUT2D eigenvalue weighted by atomic mass is 19.1. The first-order valence-corrected chi connectivity index (χ1v) is 7.80. The molecule has 0 spiro atoms. The third-order valence-corrected chi connectivity index (χ3v) is 4.58. The molecule has 1 aliphatic rings. The lowest BCUT2D eigenvalue weighted by molar-refractivity contribution is -0.141. The predicted molar refractivity (Wildman–Crippen MR) is 87.3 cm³/mol. The largest absolute Gasteiger partial charge is 0.481 e. The Morgan fingerprint density at radius 2 is 1.83 bits per heavy atom. The van der Waals surface area contributed by atoms with Gasteiger partial charge in [-0.2, -0.15) is 0 Å². The fraction of sp³-hybridized carbons (Fsp3) is 0.263. The summed E-state index contributed by atoms with van der Waals surface area (Å²) >= 11 is 0. The molecule has 1 saturated heterocycles. The fourth-order valence-electron chi connectivity index (χ4n) is 3.25. The Morgan fingerprint density at radius 1 is 1.12 bits per heavy atom. The van der Waals surface area contributed by atoms with Crippen LogP contribution in [0.2, 0.25) is 0 Å². The third-order valence-electron chi connectivity index (χ3n) is 4.58. The van der Waals surface area contributed by atoms with E-state index in [9.17, 15) is 19.1 Å². The standard InChI is InChI=1S/C19H18FNO3/c1-12-7-8-14(20)9-15(12)18(22)21-10-16(17(11-21)19(23)24)13-5-3-2-4-6-13/h2-9,16-17H,10-11H2,1H3,(H,23,24). The van der Waals surface area contributed by atoms with Gasteiger partial charge in [0.2, 0.25) is 0 Å². The van der Waals surface area contributed by atoms with E-state index in [1.807, 2.05) is 30.3 Å². The van der Waals surface area contributed by atoms with E-state index in [0.717, 1.165) is 5.56 Å². The van der Waals surface area contributed by atoms with E-state index >= 15 is 0 Å². The average Bonchev–Trinajstić information content (AvgIpc) is 3.03. The summed E-state index contributed by atoms with van der Waals surface area (Å²) in [7, 11) is 0. The summed E-state index contributed by atoms with van der Waals surface area (Å²) in [6.07, 6.45) is 0. The van der Waals surface area contributed by atoms with Crippen molar-refractivity contribution in [1.82, 2.24) is 4.90 Å². The number of carboxylic acid groups (broad SMARTS) is 1. The van der Waals surface area contributed by atoms with E-state index in [2.05, 4.69) is 0 Å². The first kappa shape index (κ1) is 16.2. The number of carboxylic acids is 1. The number of nitrogens with zero attached hydrogens (tertiary/aromatic N) is 1. The molecule has 3 rings (SSSR count). The van der Waals surface area contributed by atoms with E-state index in [4.69, 9.17) is 0 Å². The van der Waals surface area contributed by atoms with Gasteiger partial charge >= 0.3 is 5.97 Å². The van der Waals surface area contributed by atoms with Crippen molar-refractivity contribution in [2.45, 2.75) is 12.8 Å². The summed E-state index contributed by atoms with van der Waals surface area (Å²) in [6, 6.07) is 13.4. The van der Waals surface area contributed by atoms with Crippen LogP contribution in [0.1, 0.15) is 27.4 Å². The topological polar surface area (TPSA) is 57.6 Å². The van der Waals surface area contributed by atoms with Crippen molar-refractivity contribution < 1.29 is 19.1 Å². The number of aryl methyl sites for hydroxylation is 1. The van der Waals surface area contributed by atoms with Crippen LogP contribution in [-0.4, -0.2) is 35.0 Å². The lowest BCUT2D eigenvalue weighted by Gasteiger charge is -2.18. The number of rotatable bonds is 3. The Balaban J connectivity index is 1.89. The van der Waals surface area contributed by atoms with Gasteiger partial charge in [-0.05, 0) is 30.2 Å². The zero-order valence-corrected chi connectivity index (χ0v) is 13.3. The first-order valence-electron chi connectivity index (χ1n) is 7.80. The van der Waals surface area contributed by atoms with Crippen molar-refractivity contribution in [2.24, 2.45) is 5.92 Å². The van der Waals surface area contributed by atoms with Gasteiger partial charge < -0.3 is 10.0 Å². The second-order valence-corrected chi connectivity index (χ2v) is 6.13. The molecular weight excluding hydrogens is 309 g/mol. The van der Waals surface area contributed by atoms with Crippen molar-refractivity contribution in [3.63, 3.8) is 0 Å². The van der Waals surface area contributed by atoms with Gasteiger partial charge in [-0.3, -0.25) is 9.59 Å². The van der Waals surface area contributed by atoms with Crippen molar-refractivity contribution >= 4 is 11.9 Å². The van der Waals surface area contributed by atoms with Crippen LogP contribution in [-0.2, 0) is 4.79 Å². The van der Waals surface area contributed by atoms with E-state index in [-0.39, 0.29) is 23.9 Å². The number of aliphatic carboxylic acids is 1. The second-order valence-electron chi connectivity index (χ2n) is 6.13. The van der Waals surface area contributed by atoms with Gasteiger partial charge in [-0.25, -0.2) is 4.39 Å². The molecule has 1 fully saturated rings. The number of hydrogen-bond acceptors (Lipinski definition) is 2. The van der Waals surface area contributed by atoms with Gasteiger partial charge in [0, 0.05) is 24.6 Å². The normalized spacial score (nSPS) is 20.2. The molecule has 0 aromatic heterocycles. The van der Waals surface area contributed by atoms with Crippen LogP contribution >= 0.6 is 0 Å². The predicted octanol–water partition coefficient (Wildman–Crippen LogP) is 3.07. The molecule has 1 amide bonds. The summed E-state index contributed by atoms with van der Waals surface area (Å²) in [4.78, 5) is 25.9. The molecule has 1 aliphatic heterocycles. The van der Waals surface area contributed by atoms with E-state index in [1.54, 1.807) is 13.0 Å². The van der Waals surface area contributed by atoms with E-state index in [0.29, 0.717) is 12.1 Å². The third kappa shape index (κ3) is 3.02. The fourth-order valence-corrected chi connectivity index (χ4v) is 3.25. The van der Waals surface area contributed by atoms with Gasteiger partial charge in [0.1, 0.15) is 5.82 Å². The maximum absolute atomic E-state index is 13.5. The average molecular weight is 327 g/mol. The molecule has 2 aromatic rings. The number of hydrogen-bond donors (Lipinski definition) is 1. The van der Waals surface area contributed by atoms with Gasteiger partial charge in [0.25, 0.3) is 5.91 Å². The lowest BCUT2D eigenvalue weighted by Crippen LogP contribution is -2.30. The monoisotopic (exact) mass is 327 g/mol. The molecule has 4 nitrogen and oxygen atoms in total. The molecule has 5 heteroatoms. The van der Waals surface area contributed by atoms with Crippen molar-refractivity contribution in [2.75, 3.05) is 13.1 Å². The molecule has 0 bridgehead atoms. The zero-order valence-electron chi connectivity index (χ0n) is 13.3. The summed E-state index contributed by atoms with van der Waals surface area (Å²) in [6.45, 7) is 2.19. The van der Waals surface area contributed by atoms with Crippen LogP contribution in [0.5, 0.6) is 0 Å². The Kier molecular flexibility index (Phi) is 4.34. The second kappa shape index (κ2) is 6.43. The number of amides is 1. The molecule has 2 aromatic carbocycles. The quantitative estimate of drug-likeness (QED) is 0.942. The first-order chi connectivity index (χ1) is 11.5. The van der Waals surface area contributed by atoms with Crippen molar-refractivity contribution in [3.8, 4) is 0 Å². The number of likely N-dealkylation sites (tertiary alicyclic amines) is 1. The van der Waals surface area contributed by atoms with Gasteiger partial charge in [-0.1, -0.05) is 36.4 Å². The highest BCUT2D eigenvalue weighted by Crippen LogP contribution is 2.34. The molecule has 24 heavy (non-hydrogen) atoms. The number of carbonyl (C=O) groups excluding carboxylic acids is 1. The minimum Gasteiger partial charge on any atom is -0.481 e. The molecule has 0 radical (unpaired) electrons. The van der Waals surface area contributed by atoms with E-state index in [1.165, 1.54) is 17.0 Å². The summed E-state index contributed by atoms with van der Waals surface area (Å²) < 4.78 is 13.5. The van der Waals surface area contributed by atoms with Crippen LogP contribution in [0.3, 0.4) is 0 Å². The highest BCUT2D eigenvalue weighted by molar-refractivity contribution is 5.96. The van der Waals surface area contributed by atoms with Crippen LogP contribution in [0.4, 0.5) is 4.39 Å². The molecule has 1 N–H and O–H groups in total. The number of halogens is 1. The van der Waals surface area contributed by atoms with Gasteiger partial charge in [-0.15, -0.1) is 0 Å². The molecule has 0 saturated carbocycles. The Morgan fingerprint density at radius 3 is 2.50 bits per heavy atom. The highest BCUT2D eigenvalue weighted by Gasteiger charge is 2.40. The van der Waals surface area contributed by atoms with Gasteiger partial charge in [0.15, 0.2) is 0 Å². The SMILES string of the molecule is Cc1ccc(F)cc1C(=O)N1CC(C(=O)O)C(c2ccccc2)C1. The maximum Gasteiger partial charge on any atom is 0.308 e. The Labute approximate surface area is 139 Å². The van der Waals surface area contributed by atoms with Crippen LogP contribution in [0, 0.1) is 18.7 Å². The van der Waals surface area contributed by atoms with Gasteiger partial charge in [0.05, 0.1) is 5.92 Å². The van der Waals surface area contributed by atoms with Crippen molar-refractivity contribution in [3.05, 3.63) is 71.0 Å². The summed E-state index contributed by atoms with van der Waals surface area (Å²) in [5.41, 5.74) is 1.86. The summed E-state index contributed by atoms with van der Waals surface area (Å²) in [5, 5.41) is 9.52. The molecule has 124 valence electrons. The van der Waals surface area contributed by atoms with E-state index < -0.39 is 17.7 Å². The van der Waals surface area contributed by atoms with Crippen molar-refractivity contribution in [1.29, 1.82) is 0 Å².